The lowest BCUT2D eigenvalue weighted by Gasteiger charge is -2.43. The van der Waals surface area contributed by atoms with E-state index in [1.807, 2.05) is 6.08 Å². The Morgan fingerprint density at radius 3 is 2.87 bits per heavy atom. The van der Waals surface area contributed by atoms with Gasteiger partial charge in [0, 0.05) is 12.0 Å². The molecule has 0 bridgehead atoms. The Kier molecular flexibility index (Phi) is 3.85. The van der Waals surface area contributed by atoms with Gasteiger partial charge in [0.25, 0.3) is 6.02 Å². The van der Waals surface area contributed by atoms with Crippen LogP contribution in [0.25, 0.3) is 0 Å². The lowest BCUT2D eigenvalue weighted by molar-refractivity contribution is 0.0656. The molecule has 1 aromatic carbocycles. The normalized spacial score (nSPS) is 26.2. The SMILES string of the molecule is C=C[C@H]1c2ccccc2CCN1C1=NCC2(CCNCC2)CO1. The van der Waals surface area contributed by atoms with Crippen molar-refractivity contribution < 1.29 is 4.74 Å². The van der Waals surface area contributed by atoms with Crippen LogP contribution in [0, 0.1) is 5.41 Å². The van der Waals surface area contributed by atoms with Crippen molar-refractivity contribution in [1.82, 2.24) is 10.2 Å². The molecule has 0 amide bonds. The lowest BCUT2D eigenvalue weighted by Crippen LogP contribution is -2.49. The number of benzene rings is 1. The van der Waals surface area contributed by atoms with E-state index in [1.165, 1.54) is 11.1 Å². The Morgan fingerprint density at radius 1 is 1.30 bits per heavy atom. The fourth-order valence-electron chi connectivity index (χ4n) is 4.04. The average Bonchev–Trinajstić information content (AvgIpc) is 2.62. The molecule has 1 fully saturated rings. The summed E-state index contributed by atoms with van der Waals surface area (Å²) in [5.41, 5.74) is 3.01. The molecule has 3 heterocycles. The largest absolute Gasteiger partial charge is 0.464 e. The van der Waals surface area contributed by atoms with Crippen LogP contribution in [0.15, 0.2) is 41.9 Å². The first-order chi connectivity index (χ1) is 11.3. The Morgan fingerprint density at radius 2 is 2.13 bits per heavy atom. The second-order valence-electron chi connectivity index (χ2n) is 6.96. The summed E-state index contributed by atoms with van der Waals surface area (Å²) in [5, 5.41) is 3.43. The van der Waals surface area contributed by atoms with Gasteiger partial charge in [-0.3, -0.25) is 0 Å². The minimum atomic E-state index is 0.167. The highest BCUT2D eigenvalue weighted by Gasteiger charge is 2.38. The van der Waals surface area contributed by atoms with E-state index in [1.54, 1.807) is 0 Å². The maximum absolute atomic E-state index is 6.16. The van der Waals surface area contributed by atoms with Gasteiger partial charge in [0.1, 0.15) is 0 Å². The number of hydrogen-bond acceptors (Lipinski definition) is 4. The van der Waals surface area contributed by atoms with Crippen molar-refractivity contribution >= 4 is 6.02 Å². The van der Waals surface area contributed by atoms with Crippen LogP contribution in [0.3, 0.4) is 0 Å². The van der Waals surface area contributed by atoms with Gasteiger partial charge in [0.15, 0.2) is 0 Å². The van der Waals surface area contributed by atoms with Gasteiger partial charge in [-0.25, -0.2) is 4.99 Å². The first-order valence-corrected chi connectivity index (χ1v) is 8.66. The average molecular weight is 311 g/mol. The number of aliphatic imine (C=N–C) groups is 1. The van der Waals surface area contributed by atoms with Gasteiger partial charge in [-0.1, -0.05) is 30.3 Å². The molecule has 0 radical (unpaired) electrons. The second-order valence-corrected chi connectivity index (χ2v) is 6.96. The van der Waals surface area contributed by atoms with Crippen molar-refractivity contribution in [3.05, 3.63) is 48.0 Å². The van der Waals surface area contributed by atoms with E-state index in [9.17, 15) is 0 Å². The fourth-order valence-corrected chi connectivity index (χ4v) is 4.04. The molecule has 4 heteroatoms. The van der Waals surface area contributed by atoms with Crippen molar-refractivity contribution in [2.24, 2.45) is 10.4 Å². The molecular formula is C19H25N3O. The van der Waals surface area contributed by atoms with Crippen LogP contribution < -0.4 is 5.32 Å². The molecule has 0 unspecified atom stereocenters. The predicted molar refractivity (Wildman–Crippen MR) is 92.6 cm³/mol. The molecule has 0 saturated carbocycles. The van der Waals surface area contributed by atoms with E-state index in [4.69, 9.17) is 9.73 Å². The quantitative estimate of drug-likeness (QED) is 0.810. The Bertz CT molecular complexity index is 619. The summed E-state index contributed by atoms with van der Waals surface area (Å²) >= 11 is 0. The fraction of sp³-hybridized carbons (Fsp3) is 0.526. The van der Waals surface area contributed by atoms with Crippen LogP contribution >= 0.6 is 0 Å². The van der Waals surface area contributed by atoms with E-state index in [0.717, 1.165) is 58.1 Å². The lowest BCUT2D eigenvalue weighted by atomic mass is 9.79. The van der Waals surface area contributed by atoms with E-state index >= 15 is 0 Å². The zero-order valence-corrected chi connectivity index (χ0v) is 13.6. The molecule has 23 heavy (non-hydrogen) atoms. The van der Waals surface area contributed by atoms with Gasteiger partial charge in [0.2, 0.25) is 0 Å². The number of hydrogen-bond donors (Lipinski definition) is 1. The first kappa shape index (κ1) is 14.8. The molecule has 1 N–H and O–H groups in total. The van der Waals surface area contributed by atoms with Crippen LogP contribution in [0.1, 0.15) is 30.0 Å². The van der Waals surface area contributed by atoms with Crippen LogP contribution in [0.5, 0.6) is 0 Å². The zero-order valence-electron chi connectivity index (χ0n) is 13.6. The summed E-state index contributed by atoms with van der Waals surface area (Å²) in [6.45, 7) is 8.86. The molecule has 1 saturated heterocycles. The molecular weight excluding hydrogens is 286 g/mol. The predicted octanol–water partition coefficient (Wildman–Crippen LogP) is 2.53. The number of fused-ring (bicyclic) bond motifs is 1. The van der Waals surface area contributed by atoms with E-state index in [2.05, 4.69) is 41.1 Å². The topological polar surface area (TPSA) is 36.9 Å². The zero-order chi connectivity index (χ0) is 15.7. The second kappa shape index (κ2) is 6.00. The first-order valence-electron chi connectivity index (χ1n) is 8.66. The highest BCUT2D eigenvalue weighted by molar-refractivity contribution is 5.76. The van der Waals surface area contributed by atoms with Gasteiger partial charge >= 0.3 is 0 Å². The molecule has 1 atom stereocenters. The number of nitrogens with one attached hydrogen (secondary N) is 1. The monoisotopic (exact) mass is 311 g/mol. The number of piperidine rings is 1. The van der Waals surface area contributed by atoms with Crippen molar-refractivity contribution in [2.45, 2.75) is 25.3 Å². The highest BCUT2D eigenvalue weighted by atomic mass is 16.5. The molecule has 1 spiro atoms. The number of rotatable bonds is 1. The maximum Gasteiger partial charge on any atom is 0.288 e. The van der Waals surface area contributed by atoms with Gasteiger partial charge in [-0.05, 0) is 43.5 Å². The smallest absolute Gasteiger partial charge is 0.288 e. The molecule has 1 aromatic rings. The minimum absolute atomic E-state index is 0.167. The maximum atomic E-state index is 6.16. The summed E-state index contributed by atoms with van der Waals surface area (Å²) < 4.78 is 6.16. The van der Waals surface area contributed by atoms with Crippen LogP contribution in [0.2, 0.25) is 0 Å². The third-order valence-electron chi connectivity index (χ3n) is 5.52. The van der Waals surface area contributed by atoms with E-state index in [-0.39, 0.29) is 11.5 Å². The van der Waals surface area contributed by atoms with Crippen LogP contribution in [0.4, 0.5) is 0 Å². The Labute approximate surface area is 138 Å². The number of amidine groups is 1. The Hall–Kier alpha value is -1.81. The van der Waals surface area contributed by atoms with Crippen molar-refractivity contribution in [3.63, 3.8) is 0 Å². The van der Waals surface area contributed by atoms with Gasteiger partial charge in [-0.2, -0.15) is 0 Å². The van der Waals surface area contributed by atoms with Crippen LogP contribution in [-0.2, 0) is 11.2 Å². The number of ether oxygens (including phenoxy) is 1. The molecule has 0 aliphatic carbocycles. The number of nitrogens with zero attached hydrogens (tertiary/aromatic N) is 2. The van der Waals surface area contributed by atoms with Gasteiger partial charge in [-0.15, -0.1) is 6.58 Å². The van der Waals surface area contributed by atoms with Gasteiger partial charge in [0.05, 0.1) is 19.2 Å². The molecule has 4 nitrogen and oxygen atoms in total. The summed E-state index contributed by atoms with van der Waals surface area (Å²) in [6.07, 6.45) is 5.38. The van der Waals surface area contributed by atoms with Gasteiger partial charge < -0.3 is 15.0 Å². The third-order valence-corrected chi connectivity index (χ3v) is 5.52. The minimum Gasteiger partial charge on any atom is -0.464 e. The third kappa shape index (κ3) is 2.65. The van der Waals surface area contributed by atoms with Crippen molar-refractivity contribution in [2.75, 3.05) is 32.8 Å². The van der Waals surface area contributed by atoms with Crippen LogP contribution in [-0.4, -0.2) is 43.7 Å². The van der Waals surface area contributed by atoms with Crippen molar-refractivity contribution in [1.29, 1.82) is 0 Å². The molecule has 4 rings (SSSR count). The molecule has 0 aromatic heterocycles. The molecule has 122 valence electrons. The Balaban J connectivity index is 1.55. The summed E-state index contributed by atoms with van der Waals surface area (Å²) in [6, 6.07) is 9.62. The highest BCUT2D eigenvalue weighted by Crippen LogP contribution is 2.35. The summed E-state index contributed by atoms with van der Waals surface area (Å²) in [5.74, 6) is 0. The van der Waals surface area contributed by atoms with E-state index in [0.29, 0.717) is 0 Å². The standard InChI is InChI=1S/C19H25N3O/c1-2-17-16-6-4-3-5-15(16)7-12-22(17)18-21-13-19(14-23-18)8-10-20-11-9-19/h2-6,17,20H,1,7-14H2/t17-/m0/s1. The molecule has 3 aliphatic rings. The van der Waals surface area contributed by atoms with Crippen molar-refractivity contribution in [3.8, 4) is 0 Å². The summed E-state index contributed by atoms with van der Waals surface area (Å²) in [4.78, 5) is 7.13. The summed E-state index contributed by atoms with van der Waals surface area (Å²) in [7, 11) is 0. The molecule has 3 aliphatic heterocycles. The van der Waals surface area contributed by atoms with E-state index < -0.39 is 0 Å².